The molecule has 0 spiro atoms. The van der Waals surface area contributed by atoms with E-state index in [2.05, 4.69) is 4.99 Å². The Morgan fingerprint density at radius 1 is 1.24 bits per heavy atom. The van der Waals surface area contributed by atoms with Crippen LogP contribution in [0.25, 0.3) is 0 Å². The van der Waals surface area contributed by atoms with Crippen molar-refractivity contribution in [3.63, 3.8) is 0 Å². The summed E-state index contributed by atoms with van der Waals surface area (Å²) in [5.41, 5.74) is 0.688. The third kappa shape index (κ3) is 4.16. The lowest BCUT2D eigenvalue weighted by atomic mass is 10.2. The van der Waals surface area contributed by atoms with Crippen LogP contribution in [0.4, 0.5) is 5.69 Å². The Bertz CT molecular complexity index is 838. The number of thioether (sulfide) groups is 1. The van der Waals surface area contributed by atoms with Crippen LogP contribution in [0.5, 0.6) is 0 Å². The summed E-state index contributed by atoms with van der Waals surface area (Å²) < 4.78 is 23.9. The second kappa shape index (κ2) is 6.97. The van der Waals surface area contributed by atoms with Gasteiger partial charge in [0.05, 0.1) is 17.5 Å². The number of anilines is 1. The highest BCUT2D eigenvalue weighted by Crippen LogP contribution is 2.41. The first-order chi connectivity index (χ1) is 11.7. The van der Waals surface area contributed by atoms with Crippen molar-refractivity contribution < 1.29 is 23.1 Å². The Balaban J connectivity index is 1.90. The average Bonchev–Trinajstić information content (AvgIpc) is 2.97. The summed E-state index contributed by atoms with van der Waals surface area (Å²) in [7, 11) is -3.14. The predicted molar refractivity (Wildman–Crippen MR) is 94.4 cm³/mol. The maximum atomic E-state index is 11.9. The molecule has 1 aromatic carbocycles. The summed E-state index contributed by atoms with van der Waals surface area (Å²) in [5, 5.41) is 11.2. The van der Waals surface area contributed by atoms with E-state index in [1.165, 1.54) is 11.8 Å². The molecule has 0 N–H and O–H groups in total. The highest BCUT2D eigenvalue weighted by atomic mass is 35.5. The molecule has 0 aliphatic carbocycles. The molecule has 134 valence electrons. The molecule has 2 aliphatic rings. The SMILES string of the molecule is O=C([O-])CCC(=O)N=C1S[C@@H]2CS(=O)(=O)C[C@@H]2N1c1ccc(Cl)cc1. The molecule has 0 bridgehead atoms. The van der Waals surface area contributed by atoms with Crippen molar-refractivity contribution in [2.24, 2.45) is 4.99 Å². The van der Waals surface area contributed by atoms with Gasteiger partial charge in [-0.15, -0.1) is 0 Å². The predicted octanol–water partition coefficient (Wildman–Crippen LogP) is 0.472. The Kier molecular flexibility index (Phi) is 5.08. The molecule has 25 heavy (non-hydrogen) atoms. The van der Waals surface area contributed by atoms with Crippen molar-refractivity contribution in [2.75, 3.05) is 16.4 Å². The van der Waals surface area contributed by atoms with Gasteiger partial charge in [-0.1, -0.05) is 23.4 Å². The molecule has 2 atom stereocenters. The lowest BCUT2D eigenvalue weighted by Gasteiger charge is -2.24. The number of rotatable bonds is 4. The minimum atomic E-state index is -3.14. The van der Waals surface area contributed by atoms with Crippen molar-refractivity contribution in [1.82, 2.24) is 0 Å². The summed E-state index contributed by atoms with van der Waals surface area (Å²) >= 11 is 7.13. The fourth-order valence-electron chi connectivity index (χ4n) is 2.84. The van der Waals surface area contributed by atoms with Gasteiger partial charge in [-0.05, 0) is 30.7 Å². The standard InChI is InChI=1S/C15H15ClN2O5S2/c16-9-1-3-10(4-2-9)18-11-7-25(22,23)8-12(11)24-15(18)17-13(19)5-6-14(20)21/h1-4,11-12H,5-8H2,(H,20,21)/p-1/t11-,12+/m0/s1. The molecule has 10 heteroatoms. The van der Waals surface area contributed by atoms with Gasteiger partial charge < -0.3 is 14.8 Å². The molecule has 0 radical (unpaired) electrons. The van der Waals surface area contributed by atoms with Gasteiger partial charge >= 0.3 is 0 Å². The van der Waals surface area contributed by atoms with Crippen LogP contribution in [-0.4, -0.2) is 48.3 Å². The van der Waals surface area contributed by atoms with E-state index in [9.17, 15) is 23.1 Å². The number of amidine groups is 1. The van der Waals surface area contributed by atoms with Crippen LogP contribution < -0.4 is 10.0 Å². The summed E-state index contributed by atoms with van der Waals surface area (Å²) in [6.45, 7) is 0. The Hall–Kier alpha value is -1.58. The van der Waals surface area contributed by atoms with E-state index in [4.69, 9.17) is 11.6 Å². The molecule has 2 aliphatic heterocycles. The lowest BCUT2D eigenvalue weighted by Crippen LogP contribution is -2.37. The molecule has 0 unspecified atom stereocenters. The quantitative estimate of drug-likeness (QED) is 0.721. The fourth-order valence-corrected chi connectivity index (χ4v) is 6.90. The van der Waals surface area contributed by atoms with Crippen LogP contribution in [-0.2, 0) is 19.4 Å². The van der Waals surface area contributed by atoms with Gasteiger partial charge in [-0.3, -0.25) is 4.79 Å². The normalized spacial score (nSPS) is 26.0. The molecular formula is C15H14ClN2O5S2-. The number of amides is 1. The van der Waals surface area contributed by atoms with Crippen LogP contribution in [0, 0.1) is 0 Å². The van der Waals surface area contributed by atoms with Crippen LogP contribution in [0.15, 0.2) is 29.3 Å². The molecular weight excluding hydrogens is 388 g/mol. The zero-order chi connectivity index (χ0) is 18.2. The Morgan fingerprint density at radius 3 is 2.56 bits per heavy atom. The second-order valence-corrected chi connectivity index (χ2v) is 9.60. The first-order valence-electron chi connectivity index (χ1n) is 7.48. The average molecular weight is 402 g/mol. The van der Waals surface area contributed by atoms with Crippen molar-refractivity contribution in [3.8, 4) is 0 Å². The maximum absolute atomic E-state index is 11.9. The Labute approximate surface area is 154 Å². The van der Waals surface area contributed by atoms with E-state index in [-0.39, 0.29) is 29.2 Å². The molecule has 0 saturated carbocycles. The van der Waals surface area contributed by atoms with E-state index in [1.54, 1.807) is 29.2 Å². The number of hydrogen-bond acceptors (Lipinski definition) is 6. The fraction of sp³-hybridized carbons (Fsp3) is 0.400. The molecule has 2 heterocycles. The third-order valence-electron chi connectivity index (χ3n) is 3.93. The highest BCUT2D eigenvalue weighted by Gasteiger charge is 2.49. The van der Waals surface area contributed by atoms with E-state index in [1.807, 2.05) is 0 Å². The first-order valence-corrected chi connectivity index (χ1v) is 10.6. The number of carboxylic acids is 1. The van der Waals surface area contributed by atoms with Crippen molar-refractivity contribution in [1.29, 1.82) is 0 Å². The summed E-state index contributed by atoms with van der Waals surface area (Å²) in [5.74, 6) is -1.88. The van der Waals surface area contributed by atoms with Gasteiger partial charge in [0.1, 0.15) is 0 Å². The molecule has 1 aromatic rings. The zero-order valence-electron chi connectivity index (χ0n) is 12.9. The maximum Gasteiger partial charge on any atom is 0.248 e. The molecule has 0 aromatic heterocycles. The molecule has 7 nitrogen and oxygen atoms in total. The largest absolute Gasteiger partial charge is 0.550 e. The van der Waals surface area contributed by atoms with E-state index in [0.29, 0.717) is 15.9 Å². The minimum absolute atomic E-state index is 0.0143. The number of halogens is 1. The molecule has 3 rings (SSSR count). The number of benzene rings is 1. The smallest absolute Gasteiger partial charge is 0.248 e. The topological polar surface area (TPSA) is 107 Å². The number of carbonyl (C=O) groups excluding carboxylic acids is 2. The second-order valence-electron chi connectivity index (χ2n) is 5.81. The van der Waals surface area contributed by atoms with Crippen molar-refractivity contribution in [2.45, 2.75) is 24.1 Å². The lowest BCUT2D eigenvalue weighted by molar-refractivity contribution is -0.305. The monoisotopic (exact) mass is 401 g/mol. The van der Waals surface area contributed by atoms with Gasteiger partial charge in [-0.25, -0.2) is 8.42 Å². The van der Waals surface area contributed by atoms with Crippen LogP contribution in [0.1, 0.15) is 12.8 Å². The summed E-state index contributed by atoms with van der Waals surface area (Å²) in [6, 6.07) is 6.50. The van der Waals surface area contributed by atoms with Crippen LogP contribution >= 0.6 is 23.4 Å². The highest BCUT2D eigenvalue weighted by molar-refractivity contribution is 8.16. The van der Waals surface area contributed by atoms with Gasteiger partial charge in [0, 0.05) is 28.4 Å². The number of carboxylic acid groups (broad SMARTS) is 1. The number of aliphatic carboxylic acids is 1. The van der Waals surface area contributed by atoms with Gasteiger partial charge in [-0.2, -0.15) is 4.99 Å². The van der Waals surface area contributed by atoms with E-state index < -0.39 is 28.1 Å². The van der Waals surface area contributed by atoms with E-state index >= 15 is 0 Å². The molecule has 2 fully saturated rings. The van der Waals surface area contributed by atoms with Crippen molar-refractivity contribution >= 4 is 55.9 Å². The third-order valence-corrected chi connectivity index (χ3v) is 7.40. The number of sulfone groups is 1. The zero-order valence-corrected chi connectivity index (χ0v) is 15.3. The molecule has 1 amide bonds. The van der Waals surface area contributed by atoms with Crippen LogP contribution in [0.3, 0.4) is 0 Å². The summed E-state index contributed by atoms with van der Waals surface area (Å²) in [6.07, 6.45) is -0.656. The molecule has 2 saturated heterocycles. The first kappa shape index (κ1) is 18.2. The number of aliphatic imine (C=N–C) groups is 1. The van der Waals surface area contributed by atoms with Gasteiger partial charge in [0.25, 0.3) is 0 Å². The van der Waals surface area contributed by atoms with Gasteiger partial charge in [0.2, 0.25) is 5.91 Å². The van der Waals surface area contributed by atoms with E-state index in [0.717, 1.165) is 0 Å². The summed E-state index contributed by atoms with van der Waals surface area (Å²) in [4.78, 5) is 28.1. The van der Waals surface area contributed by atoms with Crippen molar-refractivity contribution in [3.05, 3.63) is 29.3 Å². The number of fused-ring (bicyclic) bond motifs is 1. The van der Waals surface area contributed by atoms with Gasteiger partial charge in [0.15, 0.2) is 15.0 Å². The Morgan fingerprint density at radius 2 is 1.92 bits per heavy atom. The number of hydrogen-bond donors (Lipinski definition) is 0. The minimum Gasteiger partial charge on any atom is -0.550 e. The number of nitrogens with zero attached hydrogens (tertiary/aromatic N) is 2. The van der Waals surface area contributed by atoms with Crippen LogP contribution in [0.2, 0.25) is 5.02 Å². The number of carbonyl (C=O) groups is 2.